The second kappa shape index (κ2) is 18.0. The van der Waals surface area contributed by atoms with Gasteiger partial charge in [-0.05, 0) is 108 Å². The van der Waals surface area contributed by atoms with Crippen molar-refractivity contribution in [1.82, 2.24) is 0 Å². The maximum absolute atomic E-state index is 12.3. The van der Waals surface area contributed by atoms with Crippen LogP contribution in [-0.2, 0) is 28.5 Å². The molecule has 0 saturated heterocycles. The molecule has 2 unspecified atom stereocenters. The zero-order valence-corrected chi connectivity index (χ0v) is 29.9. The minimum atomic E-state index is -0.853. The first-order chi connectivity index (χ1) is 24.0. The molecule has 0 aliphatic rings. The van der Waals surface area contributed by atoms with Crippen molar-refractivity contribution in [2.75, 3.05) is 26.4 Å². The minimum absolute atomic E-state index is 0.0427. The van der Waals surface area contributed by atoms with E-state index in [2.05, 4.69) is 13.2 Å². The molecule has 0 amide bonds. The Kier molecular flexibility index (Phi) is 13.5. The first-order valence-corrected chi connectivity index (χ1v) is 17.3. The third-order valence-corrected chi connectivity index (χ3v) is 8.93. The average Bonchev–Trinajstić information content (AvgIpc) is 3.84. The fraction of sp³-hybridized carbons (Fsp3) is 0.263. The van der Waals surface area contributed by atoms with E-state index in [4.69, 9.17) is 28.4 Å². The first-order valence-electron chi connectivity index (χ1n) is 15.5. The van der Waals surface area contributed by atoms with Gasteiger partial charge >= 0.3 is 23.9 Å². The van der Waals surface area contributed by atoms with Crippen molar-refractivity contribution in [2.24, 2.45) is 0 Å². The number of esters is 4. The van der Waals surface area contributed by atoms with Crippen molar-refractivity contribution in [1.29, 1.82) is 0 Å². The molecule has 0 aliphatic carbocycles. The summed E-state index contributed by atoms with van der Waals surface area (Å²) >= 11 is 2.51. The van der Waals surface area contributed by atoms with Gasteiger partial charge in [-0.3, -0.25) is 0 Å². The molecular formula is C38H38O10S2. The van der Waals surface area contributed by atoms with Crippen molar-refractivity contribution in [3.63, 3.8) is 0 Å². The summed E-state index contributed by atoms with van der Waals surface area (Å²) in [5, 5.41) is 3.54. The molecule has 0 N–H and O–H groups in total. The molecule has 4 aromatic rings. The van der Waals surface area contributed by atoms with Crippen molar-refractivity contribution in [3.05, 3.63) is 117 Å². The maximum atomic E-state index is 12.3. The lowest BCUT2D eigenvalue weighted by atomic mass is 9.96. The molecule has 50 heavy (non-hydrogen) atoms. The van der Waals surface area contributed by atoms with Gasteiger partial charge in [-0.15, -0.1) is 22.7 Å². The second-order valence-electron chi connectivity index (χ2n) is 11.2. The average molecular weight is 719 g/mol. The van der Waals surface area contributed by atoms with Gasteiger partial charge in [0.15, 0.2) is 12.2 Å². The predicted octanol–water partition coefficient (Wildman–Crippen LogP) is 7.38. The number of carbonyl (C=O) groups is 4. The number of ether oxygens (including phenoxy) is 6. The van der Waals surface area contributed by atoms with E-state index in [1.165, 1.54) is 22.7 Å². The van der Waals surface area contributed by atoms with E-state index in [1.807, 2.05) is 52.0 Å². The fourth-order valence-corrected chi connectivity index (χ4v) is 6.20. The summed E-state index contributed by atoms with van der Waals surface area (Å²) in [6.45, 7) is 14.1. The highest BCUT2D eigenvalue weighted by Gasteiger charge is 2.21. The van der Waals surface area contributed by atoms with E-state index in [0.717, 1.165) is 45.5 Å². The molecule has 12 heteroatoms. The van der Waals surface area contributed by atoms with E-state index in [0.29, 0.717) is 21.3 Å². The Morgan fingerprint density at radius 3 is 1.28 bits per heavy atom. The Bertz CT molecular complexity index is 1650. The van der Waals surface area contributed by atoms with Crippen LogP contribution >= 0.6 is 22.7 Å². The van der Waals surface area contributed by atoms with Crippen LogP contribution in [0.1, 0.15) is 41.6 Å². The fourth-order valence-electron chi connectivity index (χ4n) is 4.97. The van der Waals surface area contributed by atoms with Gasteiger partial charge in [0, 0.05) is 12.2 Å². The van der Waals surface area contributed by atoms with E-state index in [1.54, 1.807) is 35.0 Å². The molecule has 0 bridgehead atoms. The Hall–Kier alpha value is -5.20. The van der Waals surface area contributed by atoms with E-state index >= 15 is 0 Å². The molecule has 2 aromatic carbocycles. The van der Waals surface area contributed by atoms with Gasteiger partial charge in [0.25, 0.3) is 0 Å². The largest absolute Gasteiger partial charge is 0.489 e. The summed E-state index contributed by atoms with van der Waals surface area (Å²) < 4.78 is 33.7. The van der Waals surface area contributed by atoms with Crippen LogP contribution in [0, 0.1) is 27.7 Å². The number of benzene rings is 2. The van der Waals surface area contributed by atoms with Crippen LogP contribution in [0.5, 0.6) is 11.5 Å². The lowest BCUT2D eigenvalue weighted by Gasteiger charge is -2.21. The molecule has 0 fully saturated rings. The zero-order chi connectivity index (χ0) is 36.2. The standard InChI is InChI=1S/C38H38O10S2/c1-7-33(39)47-29(21-45-37(41)31-11-9-13-49-31)19-43-35-23(3)15-27(16-24(35)4)28-17-25(5)36(26(6)18-28)44-20-30(48-34(40)8-2)22-46-38(42)32-12-10-14-50-32/h7-18,29-30H,1-2,19-22H2,3-6H3. The highest BCUT2D eigenvalue weighted by atomic mass is 32.1. The molecular weight excluding hydrogens is 681 g/mol. The van der Waals surface area contributed by atoms with Gasteiger partial charge in [-0.25, -0.2) is 19.2 Å². The monoisotopic (exact) mass is 718 g/mol. The Morgan fingerprint density at radius 1 is 0.620 bits per heavy atom. The number of hydrogen-bond donors (Lipinski definition) is 0. The molecule has 10 nitrogen and oxygen atoms in total. The predicted molar refractivity (Wildman–Crippen MR) is 191 cm³/mol. The molecule has 2 atom stereocenters. The Morgan fingerprint density at radius 2 is 0.980 bits per heavy atom. The molecule has 2 aromatic heterocycles. The van der Waals surface area contributed by atoms with Gasteiger partial charge in [0.1, 0.15) is 47.7 Å². The van der Waals surface area contributed by atoms with Gasteiger partial charge in [0.05, 0.1) is 0 Å². The Balaban J connectivity index is 1.43. The molecule has 2 heterocycles. The van der Waals surface area contributed by atoms with Gasteiger partial charge in [-0.2, -0.15) is 0 Å². The number of hydrogen-bond acceptors (Lipinski definition) is 12. The smallest absolute Gasteiger partial charge is 0.348 e. The minimum Gasteiger partial charge on any atom is -0.489 e. The van der Waals surface area contributed by atoms with Crippen LogP contribution in [-0.4, -0.2) is 62.5 Å². The SMILES string of the molecule is C=CC(=O)OC(COC(=O)c1cccs1)COc1c(C)cc(-c2cc(C)c(OCC(COC(=O)c3cccs3)OC(=O)C=C)c(C)c2)cc1C. The third-order valence-electron chi connectivity index (χ3n) is 7.23. The van der Waals surface area contributed by atoms with Crippen molar-refractivity contribution in [2.45, 2.75) is 39.9 Å². The number of carbonyl (C=O) groups excluding carboxylic acids is 4. The molecule has 262 valence electrons. The third kappa shape index (κ3) is 10.4. The molecule has 0 aliphatic heterocycles. The summed E-state index contributed by atoms with van der Waals surface area (Å²) in [6.07, 6.45) is 0.377. The van der Waals surface area contributed by atoms with E-state index < -0.39 is 36.1 Å². The van der Waals surface area contributed by atoms with E-state index in [-0.39, 0.29) is 26.4 Å². The van der Waals surface area contributed by atoms with Gasteiger partial charge in [0.2, 0.25) is 0 Å². The lowest BCUT2D eigenvalue weighted by molar-refractivity contribution is -0.147. The second-order valence-corrected chi connectivity index (χ2v) is 13.1. The number of aryl methyl sites for hydroxylation is 4. The molecule has 0 radical (unpaired) electrons. The van der Waals surface area contributed by atoms with E-state index in [9.17, 15) is 19.2 Å². The van der Waals surface area contributed by atoms with Gasteiger partial charge < -0.3 is 28.4 Å². The zero-order valence-electron chi connectivity index (χ0n) is 28.2. The summed E-state index contributed by atoms with van der Waals surface area (Å²) in [7, 11) is 0. The highest BCUT2D eigenvalue weighted by Crippen LogP contribution is 2.34. The summed E-state index contributed by atoms with van der Waals surface area (Å²) in [5.74, 6) is -1.09. The molecule has 0 spiro atoms. The Labute approximate surface area is 298 Å². The first kappa shape index (κ1) is 37.6. The van der Waals surface area contributed by atoms with Crippen molar-refractivity contribution in [3.8, 4) is 22.6 Å². The van der Waals surface area contributed by atoms with Crippen LogP contribution in [0.3, 0.4) is 0 Å². The van der Waals surface area contributed by atoms with Crippen LogP contribution < -0.4 is 9.47 Å². The quantitative estimate of drug-likeness (QED) is 0.0621. The van der Waals surface area contributed by atoms with Crippen LogP contribution in [0.15, 0.2) is 84.6 Å². The summed E-state index contributed by atoms with van der Waals surface area (Å²) in [4.78, 5) is 49.5. The maximum Gasteiger partial charge on any atom is 0.348 e. The van der Waals surface area contributed by atoms with Crippen molar-refractivity contribution >= 4 is 46.6 Å². The normalized spacial score (nSPS) is 11.8. The number of rotatable bonds is 17. The van der Waals surface area contributed by atoms with Crippen LogP contribution in [0.4, 0.5) is 0 Å². The van der Waals surface area contributed by atoms with Crippen LogP contribution in [0.2, 0.25) is 0 Å². The van der Waals surface area contributed by atoms with Crippen molar-refractivity contribution < 1.29 is 47.6 Å². The summed E-state index contributed by atoms with van der Waals surface area (Å²) in [5.41, 5.74) is 5.30. The topological polar surface area (TPSA) is 124 Å². The van der Waals surface area contributed by atoms with Gasteiger partial charge in [-0.1, -0.05) is 25.3 Å². The number of thiophene rings is 2. The highest BCUT2D eigenvalue weighted by molar-refractivity contribution is 7.12. The van der Waals surface area contributed by atoms with Crippen LogP contribution in [0.25, 0.3) is 11.1 Å². The molecule has 4 rings (SSSR count). The summed E-state index contributed by atoms with van der Waals surface area (Å²) in [6, 6.07) is 14.8. The molecule has 0 saturated carbocycles. The lowest BCUT2D eigenvalue weighted by Crippen LogP contribution is -2.30.